The Morgan fingerprint density at radius 2 is 1.83 bits per heavy atom. The fourth-order valence-electron chi connectivity index (χ4n) is 3.25. The molecule has 0 aromatic heterocycles. The SMILES string of the molecule is [C-]#[N+]c1ccc(S(=O)(=O)[C@H]2CN(S(=O)(=O)c3ccc(F)cc3Br)C[C@@]2(O)CO)cc1. The largest absolute Gasteiger partial charge is 0.393 e. The summed E-state index contributed by atoms with van der Waals surface area (Å²) in [5, 5.41) is 18.8. The zero-order valence-electron chi connectivity index (χ0n) is 15.2. The predicted molar refractivity (Wildman–Crippen MR) is 109 cm³/mol. The second-order valence-electron chi connectivity index (χ2n) is 6.77. The van der Waals surface area contributed by atoms with Gasteiger partial charge in [-0.25, -0.2) is 26.1 Å². The number of hydrogen-bond acceptors (Lipinski definition) is 6. The number of benzene rings is 2. The van der Waals surface area contributed by atoms with Crippen LogP contribution in [0.4, 0.5) is 10.1 Å². The fourth-order valence-corrected chi connectivity index (χ4v) is 7.81. The average Bonchev–Trinajstić information content (AvgIpc) is 3.07. The van der Waals surface area contributed by atoms with Gasteiger partial charge in [-0.1, -0.05) is 24.3 Å². The molecular weight excluding hydrogens is 503 g/mol. The van der Waals surface area contributed by atoms with Crippen LogP contribution in [0.2, 0.25) is 0 Å². The van der Waals surface area contributed by atoms with E-state index in [9.17, 15) is 31.4 Å². The molecule has 2 aromatic rings. The lowest BCUT2D eigenvalue weighted by Crippen LogP contribution is -2.49. The van der Waals surface area contributed by atoms with Gasteiger partial charge in [0, 0.05) is 17.6 Å². The maximum absolute atomic E-state index is 13.3. The van der Waals surface area contributed by atoms with Gasteiger partial charge in [0.25, 0.3) is 0 Å². The van der Waals surface area contributed by atoms with Crippen molar-refractivity contribution in [3.63, 3.8) is 0 Å². The smallest absolute Gasteiger partial charge is 0.244 e. The van der Waals surface area contributed by atoms with E-state index in [1.807, 2.05) is 0 Å². The average molecular weight is 519 g/mol. The Kier molecular flexibility index (Phi) is 6.07. The molecule has 0 amide bonds. The molecule has 3 rings (SSSR count). The summed E-state index contributed by atoms with van der Waals surface area (Å²) in [6.45, 7) is 4.66. The number of hydrogen-bond donors (Lipinski definition) is 2. The van der Waals surface area contributed by atoms with E-state index in [-0.39, 0.29) is 20.0 Å². The number of aliphatic hydroxyl groups excluding tert-OH is 1. The highest BCUT2D eigenvalue weighted by Crippen LogP contribution is 2.36. The summed E-state index contributed by atoms with van der Waals surface area (Å²) in [7, 11) is -8.58. The van der Waals surface area contributed by atoms with Gasteiger partial charge in [-0.2, -0.15) is 4.31 Å². The third-order valence-electron chi connectivity index (χ3n) is 4.87. The first kappa shape index (κ1) is 22.8. The molecule has 2 atom stereocenters. The quantitative estimate of drug-likeness (QED) is 0.582. The molecule has 0 radical (unpaired) electrons. The zero-order valence-corrected chi connectivity index (χ0v) is 18.5. The first-order chi connectivity index (χ1) is 14.0. The van der Waals surface area contributed by atoms with Gasteiger partial charge in [-0.15, -0.1) is 0 Å². The van der Waals surface area contributed by atoms with E-state index in [1.165, 1.54) is 24.3 Å². The number of β-amino-alcohol motifs (C(OH)–C–C–N with tert-alkyl or cyclic N) is 1. The molecule has 0 unspecified atom stereocenters. The summed E-state index contributed by atoms with van der Waals surface area (Å²) in [5.41, 5.74) is -2.04. The Labute approximate surface area is 181 Å². The summed E-state index contributed by atoms with van der Waals surface area (Å²) in [5.74, 6) is -0.669. The van der Waals surface area contributed by atoms with Crippen LogP contribution in [0.3, 0.4) is 0 Å². The molecule has 8 nitrogen and oxygen atoms in total. The number of aliphatic hydroxyl groups is 2. The number of rotatable bonds is 5. The topological polar surface area (TPSA) is 116 Å². The van der Waals surface area contributed by atoms with E-state index in [1.54, 1.807) is 0 Å². The maximum atomic E-state index is 13.3. The number of nitrogens with zero attached hydrogens (tertiary/aromatic N) is 2. The number of halogens is 2. The van der Waals surface area contributed by atoms with Crippen molar-refractivity contribution in [2.75, 3.05) is 19.7 Å². The lowest BCUT2D eigenvalue weighted by Gasteiger charge is -2.26. The first-order valence-electron chi connectivity index (χ1n) is 8.45. The van der Waals surface area contributed by atoms with Gasteiger partial charge in [-0.05, 0) is 34.1 Å². The normalized spacial score (nSPS) is 22.7. The molecule has 1 saturated heterocycles. The standard InChI is InChI=1S/C18H16BrFN2O6S2/c1-21-13-3-5-14(6-4-13)29(25,26)17-9-22(10-18(17,24)11-23)30(27,28)16-7-2-12(20)8-15(16)19/h2-8,17,23-24H,9-11H2/t17-,18+/m0/s1. The van der Waals surface area contributed by atoms with Crippen LogP contribution >= 0.6 is 15.9 Å². The van der Waals surface area contributed by atoms with E-state index in [4.69, 9.17) is 6.57 Å². The van der Waals surface area contributed by atoms with Crippen molar-refractivity contribution in [1.29, 1.82) is 0 Å². The van der Waals surface area contributed by atoms with Gasteiger partial charge in [0.2, 0.25) is 10.0 Å². The number of sulfone groups is 1. The van der Waals surface area contributed by atoms with Gasteiger partial charge >= 0.3 is 0 Å². The fraction of sp³-hybridized carbons (Fsp3) is 0.278. The van der Waals surface area contributed by atoms with Gasteiger partial charge in [-0.3, -0.25) is 0 Å². The summed E-state index contributed by atoms with van der Waals surface area (Å²) >= 11 is 2.98. The lowest BCUT2D eigenvalue weighted by atomic mass is 10.1. The third-order valence-corrected chi connectivity index (χ3v) is 9.93. The van der Waals surface area contributed by atoms with Crippen LogP contribution in [0, 0.1) is 12.4 Å². The Hall–Kier alpha value is -1.88. The van der Waals surface area contributed by atoms with E-state index >= 15 is 0 Å². The molecule has 30 heavy (non-hydrogen) atoms. The van der Waals surface area contributed by atoms with Crippen LogP contribution in [0.25, 0.3) is 4.85 Å². The molecule has 1 fully saturated rings. The highest BCUT2D eigenvalue weighted by molar-refractivity contribution is 9.10. The monoisotopic (exact) mass is 518 g/mol. The molecule has 1 aliphatic rings. The Morgan fingerprint density at radius 3 is 2.37 bits per heavy atom. The second-order valence-corrected chi connectivity index (χ2v) is 11.7. The molecule has 1 heterocycles. The minimum atomic E-state index is -4.31. The molecule has 0 saturated carbocycles. The van der Waals surface area contributed by atoms with E-state index in [2.05, 4.69) is 20.8 Å². The number of sulfonamides is 1. The van der Waals surface area contributed by atoms with Crippen molar-refractivity contribution in [1.82, 2.24) is 4.31 Å². The first-order valence-corrected chi connectivity index (χ1v) is 12.2. The van der Waals surface area contributed by atoms with Gasteiger partial charge in [0.1, 0.15) is 16.7 Å². The summed E-state index contributed by atoms with van der Waals surface area (Å²) in [6, 6.07) is 7.88. The summed E-state index contributed by atoms with van der Waals surface area (Å²) < 4.78 is 66.3. The maximum Gasteiger partial charge on any atom is 0.244 e. The van der Waals surface area contributed by atoms with Crippen LogP contribution in [-0.2, 0) is 19.9 Å². The van der Waals surface area contributed by atoms with Crippen molar-refractivity contribution in [2.24, 2.45) is 0 Å². The molecular formula is C18H16BrFN2O6S2. The van der Waals surface area contributed by atoms with Crippen molar-refractivity contribution in [2.45, 2.75) is 20.6 Å². The van der Waals surface area contributed by atoms with Crippen LogP contribution in [0.5, 0.6) is 0 Å². The molecule has 12 heteroatoms. The van der Waals surface area contributed by atoms with Crippen molar-refractivity contribution < 1.29 is 31.4 Å². The molecule has 2 N–H and O–H groups in total. The summed E-state index contributed by atoms with van der Waals surface area (Å²) in [4.78, 5) is 2.66. The summed E-state index contributed by atoms with van der Waals surface area (Å²) in [6.07, 6.45) is 0. The Balaban J connectivity index is 2.02. The zero-order chi connectivity index (χ0) is 22.3. The van der Waals surface area contributed by atoms with Crippen molar-refractivity contribution in [3.05, 3.63) is 64.2 Å². The predicted octanol–water partition coefficient (Wildman–Crippen LogP) is 1.71. The van der Waals surface area contributed by atoms with Crippen molar-refractivity contribution in [3.8, 4) is 0 Å². The van der Waals surface area contributed by atoms with E-state index < -0.39 is 56.2 Å². The van der Waals surface area contributed by atoms with E-state index in [0.717, 1.165) is 22.5 Å². The van der Waals surface area contributed by atoms with Crippen LogP contribution in [-0.4, -0.2) is 61.9 Å². The molecule has 0 bridgehead atoms. The van der Waals surface area contributed by atoms with Gasteiger partial charge in [0.05, 0.1) is 23.0 Å². The van der Waals surface area contributed by atoms with Crippen LogP contribution in [0.1, 0.15) is 0 Å². The molecule has 1 aliphatic heterocycles. The molecule has 160 valence electrons. The van der Waals surface area contributed by atoms with Gasteiger partial charge in [0.15, 0.2) is 15.5 Å². The highest BCUT2D eigenvalue weighted by atomic mass is 79.9. The Morgan fingerprint density at radius 1 is 1.20 bits per heavy atom. The Bertz CT molecular complexity index is 1230. The minimum Gasteiger partial charge on any atom is -0.393 e. The van der Waals surface area contributed by atoms with Crippen molar-refractivity contribution >= 4 is 41.5 Å². The molecule has 0 spiro atoms. The van der Waals surface area contributed by atoms with Gasteiger partial charge < -0.3 is 10.2 Å². The van der Waals surface area contributed by atoms with E-state index in [0.29, 0.717) is 0 Å². The highest BCUT2D eigenvalue weighted by Gasteiger charge is 2.55. The van der Waals surface area contributed by atoms with Crippen LogP contribution < -0.4 is 0 Å². The lowest BCUT2D eigenvalue weighted by molar-refractivity contribution is 0.00160. The molecule has 0 aliphatic carbocycles. The second kappa shape index (κ2) is 7.99. The minimum absolute atomic E-state index is 0.0592. The van der Waals surface area contributed by atoms with Crippen LogP contribution in [0.15, 0.2) is 56.7 Å². The third kappa shape index (κ3) is 3.89. The molecule has 2 aromatic carbocycles.